The Balaban J connectivity index is 1.85. The van der Waals surface area contributed by atoms with Crippen molar-refractivity contribution in [1.29, 1.82) is 0 Å². The molecule has 0 bridgehead atoms. The second kappa shape index (κ2) is 7.97. The Morgan fingerprint density at radius 2 is 1.75 bits per heavy atom. The Bertz CT molecular complexity index is 985. The average molecular weight is 408 g/mol. The zero-order valence-corrected chi connectivity index (χ0v) is 16.5. The second-order valence-electron chi connectivity index (χ2n) is 7.37. The number of sulfonamides is 1. The summed E-state index contributed by atoms with van der Waals surface area (Å²) < 4.78 is 54.5. The summed E-state index contributed by atoms with van der Waals surface area (Å²) in [5.74, 6) is -1.69. The van der Waals surface area contributed by atoms with E-state index in [4.69, 9.17) is 0 Å². The van der Waals surface area contributed by atoms with E-state index in [0.29, 0.717) is 13.1 Å². The topological polar surface area (TPSA) is 66.5 Å². The van der Waals surface area contributed by atoms with Gasteiger partial charge in [0.25, 0.3) is 5.91 Å². The first kappa shape index (κ1) is 20.4. The molecular formula is C20H22F2N2O3S. The molecule has 0 aromatic heterocycles. The van der Waals surface area contributed by atoms with Gasteiger partial charge in [-0.1, -0.05) is 19.9 Å². The number of carbonyl (C=O) groups is 1. The van der Waals surface area contributed by atoms with E-state index in [1.165, 1.54) is 28.6 Å². The molecule has 1 saturated heterocycles. The number of hydrogen-bond donors (Lipinski definition) is 1. The fourth-order valence-corrected chi connectivity index (χ4v) is 5.26. The van der Waals surface area contributed by atoms with E-state index in [1.807, 2.05) is 13.8 Å². The standard InChI is InChI=1S/C20H22F2N2O3S/c1-13-8-14(2)12-24(11-13)28(26,27)17-5-3-4-15(9-17)20(25)23-19-10-16(21)6-7-18(19)22/h3-7,9-10,13-14H,8,11-12H2,1-2H3,(H,23,25). The maximum atomic E-state index is 13.7. The maximum Gasteiger partial charge on any atom is 0.255 e. The monoisotopic (exact) mass is 408 g/mol. The summed E-state index contributed by atoms with van der Waals surface area (Å²) in [6.07, 6.45) is 0.966. The van der Waals surface area contributed by atoms with Gasteiger partial charge in [-0.25, -0.2) is 17.2 Å². The molecule has 150 valence electrons. The number of amides is 1. The molecule has 1 heterocycles. The van der Waals surface area contributed by atoms with E-state index < -0.39 is 27.6 Å². The van der Waals surface area contributed by atoms with Crippen LogP contribution in [0.3, 0.4) is 0 Å². The van der Waals surface area contributed by atoms with Crippen molar-refractivity contribution in [2.45, 2.75) is 25.2 Å². The molecule has 1 aliphatic rings. The number of rotatable bonds is 4. The molecule has 2 aromatic carbocycles. The first-order chi connectivity index (χ1) is 13.2. The summed E-state index contributed by atoms with van der Waals surface area (Å²) in [6.45, 7) is 4.88. The number of nitrogens with one attached hydrogen (secondary N) is 1. The van der Waals surface area contributed by atoms with Crippen LogP contribution in [-0.2, 0) is 10.0 Å². The van der Waals surface area contributed by atoms with E-state index in [2.05, 4.69) is 5.32 Å². The predicted octanol–water partition coefficient (Wildman–Crippen LogP) is 3.88. The van der Waals surface area contributed by atoms with Crippen molar-refractivity contribution in [2.75, 3.05) is 18.4 Å². The highest BCUT2D eigenvalue weighted by Gasteiger charge is 2.32. The Morgan fingerprint density at radius 1 is 1.07 bits per heavy atom. The Hall–Kier alpha value is -2.32. The van der Waals surface area contributed by atoms with Gasteiger partial charge in [0.05, 0.1) is 10.6 Å². The highest BCUT2D eigenvalue weighted by molar-refractivity contribution is 7.89. The molecule has 1 N–H and O–H groups in total. The Labute approximate surface area is 163 Å². The number of anilines is 1. The van der Waals surface area contributed by atoms with Crippen molar-refractivity contribution < 1.29 is 22.0 Å². The fourth-order valence-electron chi connectivity index (χ4n) is 3.54. The molecule has 1 aliphatic heterocycles. The third kappa shape index (κ3) is 4.39. The van der Waals surface area contributed by atoms with Crippen molar-refractivity contribution in [3.05, 3.63) is 59.7 Å². The third-order valence-electron chi connectivity index (χ3n) is 4.75. The van der Waals surface area contributed by atoms with Crippen molar-refractivity contribution in [3.8, 4) is 0 Å². The van der Waals surface area contributed by atoms with Crippen LogP contribution >= 0.6 is 0 Å². The predicted molar refractivity (Wildman–Crippen MR) is 102 cm³/mol. The van der Waals surface area contributed by atoms with Gasteiger partial charge in [-0.05, 0) is 48.6 Å². The van der Waals surface area contributed by atoms with Gasteiger partial charge in [0.15, 0.2) is 0 Å². The molecule has 8 heteroatoms. The molecule has 28 heavy (non-hydrogen) atoms. The van der Waals surface area contributed by atoms with E-state index in [1.54, 1.807) is 0 Å². The Kier molecular flexibility index (Phi) is 5.81. The molecule has 0 aliphatic carbocycles. The van der Waals surface area contributed by atoms with Gasteiger partial charge in [0, 0.05) is 24.7 Å². The molecule has 1 fully saturated rings. The number of piperidine rings is 1. The van der Waals surface area contributed by atoms with Crippen LogP contribution < -0.4 is 5.32 Å². The summed E-state index contributed by atoms with van der Waals surface area (Å²) in [5, 5.41) is 2.28. The summed E-state index contributed by atoms with van der Waals surface area (Å²) in [4.78, 5) is 12.4. The van der Waals surface area contributed by atoms with Crippen LogP contribution in [0.15, 0.2) is 47.4 Å². The van der Waals surface area contributed by atoms with Crippen molar-refractivity contribution in [1.82, 2.24) is 4.31 Å². The summed E-state index contributed by atoms with van der Waals surface area (Å²) in [7, 11) is -3.75. The highest BCUT2D eigenvalue weighted by Crippen LogP contribution is 2.27. The fraction of sp³-hybridized carbons (Fsp3) is 0.350. The normalized spacial score (nSPS) is 20.7. The van der Waals surface area contributed by atoms with Gasteiger partial charge in [-0.2, -0.15) is 4.31 Å². The number of nitrogens with zero attached hydrogens (tertiary/aromatic N) is 1. The van der Waals surface area contributed by atoms with E-state index in [0.717, 1.165) is 24.6 Å². The Morgan fingerprint density at radius 3 is 2.43 bits per heavy atom. The van der Waals surface area contributed by atoms with Crippen LogP contribution in [0.5, 0.6) is 0 Å². The largest absolute Gasteiger partial charge is 0.319 e. The van der Waals surface area contributed by atoms with Gasteiger partial charge in [0.1, 0.15) is 11.6 Å². The van der Waals surface area contributed by atoms with Crippen LogP contribution in [0.1, 0.15) is 30.6 Å². The number of carbonyl (C=O) groups excluding carboxylic acids is 1. The minimum Gasteiger partial charge on any atom is -0.319 e. The van der Waals surface area contributed by atoms with E-state index in [9.17, 15) is 22.0 Å². The molecule has 2 aromatic rings. The first-order valence-electron chi connectivity index (χ1n) is 9.03. The molecule has 0 radical (unpaired) electrons. The second-order valence-corrected chi connectivity index (χ2v) is 9.31. The van der Waals surface area contributed by atoms with E-state index in [-0.39, 0.29) is 28.0 Å². The van der Waals surface area contributed by atoms with Gasteiger partial charge >= 0.3 is 0 Å². The van der Waals surface area contributed by atoms with E-state index >= 15 is 0 Å². The maximum absolute atomic E-state index is 13.7. The zero-order chi connectivity index (χ0) is 20.5. The van der Waals surface area contributed by atoms with Crippen molar-refractivity contribution in [2.24, 2.45) is 11.8 Å². The van der Waals surface area contributed by atoms with Gasteiger partial charge in [-0.3, -0.25) is 4.79 Å². The molecular weight excluding hydrogens is 386 g/mol. The summed E-state index contributed by atoms with van der Waals surface area (Å²) in [5.41, 5.74) is -0.264. The number of benzene rings is 2. The van der Waals surface area contributed by atoms with Gasteiger partial charge in [-0.15, -0.1) is 0 Å². The lowest BCUT2D eigenvalue weighted by molar-refractivity contribution is 0.102. The molecule has 0 spiro atoms. The van der Waals surface area contributed by atoms with Crippen molar-refractivity contribution >= 4 is 21.6 Å². The summed E-state index contributed by atoms with van der Waals surface area (Å²) in [6, 6.07) is 8.28. The van der Waals surface area contributed by atoms with Crippen LogP contribution in [0, 0.1) is 23.5 Å². The molecule has 1 amide bonds. The third-order valence-corrected chi connectivity index (χ3v) is 6.57. The zero-order valence-electron chi connectivity index (χ0n) is 15.7. The number of halogens is 2. The lowest BCUT2D eigenvalue weighted by Gasteiger charge is -2.34. The summed E-state index contributed by atoms with van der Waals surface area (Å²) >= 11 is 0. The van der Waals surface area contributed by atoms with Gasteiger partial charge < -0.3 is 5.32 Å². The van der Waals surface area contributed by atoms with Crippen LogP contribution in [-0.4, -0.2) is 31.7 Å². The lowest BCUT2D eigenvalue weighted by Crippen LogP contribution is -2.42. The van der Waals surface area contributed by atoms with Crippen LogP contribution in [0.2, 0.25) is 0 Å². The minimum atomic E-state index is -3.75. The first-order valence-corrected chi connectivity index (χ1v) is 10.5. The highest BCUT2D eigenvalue weighted by atomic mass is 32.2. The molecule has 2 unspecified atom stereocenters. The van der Waals surface area contributed by atoms with Crippen LogP contribution in [0.25, 0.3) is 0 Å². The molecule has 3 rings (SSSR count). The lowest BCUT2D eigenvalue weighted by atomic mass is 9.94. The molecule has 2 atom stereocenters. The molecule has 5 nitrogen and oxygen atoms in total. The average Bonchev–Trinajstić information content (AvgIpc) is 2.64. The van der Waals surface area contributed by atoms with Gasteiger partial charge in [0.2, 0.25) is 10.0 Å². The molecule has 0 saturated carbocycles. The van der Waals surface area contributed by atoms with Crippen molar-refractivity contribution in [3.63, 3.8) is 0 Å². The van der Waals surface area contributed by atoms with Crippen LogP contribution in [0.4, 0.5) is 14.5 Å². The SMILES string of the molecule is CC1CC(C)CN(S(=O)(=O)c2cccc(C(=O)Nc3cc(F)ccc3F)c2)C1. The number of hydrogen-bond acceptors (Lipinski definition) is 3. The quantitative estimate of drug-likeness (QED) is 0.835. The smallest absolute Gasteiger partial charge is 0.255 e. The minimum absolute atomic E-state index is 0.00108.